The number of benzene rings is 2. The summed E-state index contributed by atoms with van der Waals surface area (Å²) in [5.41, 5.74) is 5.01. The van der Waals surface area contributed by atoms with Crippen molar-refractivity contribution in [3.63, 3.8) is 0 Å². The summed E-state index contributed by atoms with van der Waals surface area (Å²) in [7, 11) is 0. The van der Waals surface area contributed by atoms with Gasteiger partial charge in [-0.3, -0.25) is 0 Å². The minimum atomic E-state index is -0.176. The average molecular weight is 312 g/mol. The van der Waals surface area contributed by atoms with Crippen LogP contribution in [-0.4, -0.2) is 5.11 Å². The molecule has 1 fully saturated rings. The zero-order valence-corrected chi connectivity index (χ0v) is 14.2. The van der Waals surface area contributed by atoms with Crippen molar-refractivity contribution in [1.82, 2.24) is 0 Å². The van der Waals surface area contributed by atoms with Crippen molar-refractivity contribution < 1.29 is 9.50 Å². The fourth-order valence-electron chi connectivity index (χ4n) is 3.99. The quantitative estimate of drug-likeness (QED) is 0.783. The van der Waals surface area contributed by atoms with Crippen molar-refractivity contribution >= 4 is 0 Å². The molecule has 0 spiro atoms. The van der Waals surface area contributed by atoms with Crippen LogP contribution in [0, 0.1) is 18.2 Å². The van der Waals surface area contributed by atoms with Crippen LogP contribution in [0.25, 0.3) is 11.1 Å². The molecule has 0 bridgehead atoms. The Kier molecular flexibility index (Phi) is 4.29. The molecule has 0 heterocycles. The molecule has 0 aliphatic heterocycles. The maximum absolute atomic E-state index is 14.4. The monoisotopic (exact) mass is 312 g/mol. The van der Waals surface area contributed by atoms with Crippen LogP contribution in [0.15, 0.2) is 36.4 Å². The van der Waals surface area contributed by atoms with Gasteiger partial charge in [-0.15, -0.1) is 0 Å². The Labute approximate surface area is 138 Å². The molecule has 0 aromatic heterocycles. The third kappa shape index (κ3) is 3.05. The molecule has 1 aliphatic rings. The van der Waals surface area contributed by atoms with E-state index in [0.717, 1.165) is 23.1 Å². The molecule has 1 nitrogen and oxygen atoms in total. The van der Waals surface area contributed by atoms with Crippen LogP contribution in [0.5, 0.6) is 0 Å². The van der Waals surface area contributed by atoms with Crippen molar-refractivity contribution in [2.45, 2.75) is 52.6 Å². The normalized spacial score (nSPS) is 20.0. The molecular weight excluding hydrogens is 287 g/mol. The summed E-state index contributed by atoms with van der Waals surface area (Å²) in [4.78, 5) is 0. The highest BCUT2D eigenvalue weighted by molar-refractivity contribution is 5.70. The van der Waals surface area contributed by atoms with E-state index in [1.54, 1.807) is 12.1 Å². The highest BCUT2D eigenvalue weighted by atomic mass is 19.1. The lowest BCUT2D eigenvalue weighted by molar-refractivity contribution is 0.281. The summed E-state index contributed by atoms with van der Waals surface area (Å²) in [6.07, 6.45) is 3.52. The van der Waals surface area contributed by atoms with E-state index in [1.807, 2.05) is 25.1 Å². The van der Waals surface area contributed by atoms with Gasteiger partial charge in [0, 0.05) is 5.56 Å². The third-order valence-corrected chi connectivity index (χ3v) is 5.34. The number of aliphatic hydroxyl groups excluding tert-OH is 1. The molecule has 0 amide bonds. The van der Waals surface area contributed by atoms with Crippen LogP contribution in [0.4, 0.5) is 4.39 Å². The molecule has 3 rings (SSSR count). The van der Waals surface area contributed by atoms with Gasteiger partial charge in [0.2, 0.25) is 0 Å². The summed E-state index contributed by atoms with van der Waals surface area (Å²) in [6.45, 7) is 6.61. The molecule has 0 radical (unpaired) electrons. The van der Waals surface area contributed by atoms with E-state index < -0.39 is 0 Å². The molecule has 2 heteroatoms. The van der Waals surface area contributed by atoms with E-state index in [2.05, 4.69) is 19.9 Å². The smallest absolute Gasteiger partial charge is 0.131 e. The Hall–Kier alpha value is -1.67. The molecule has 1 atom stereocenters. The predicted octanol–water partition coefficient (Wildman–Crippen LogP) is 5.59. The Morgan fingerprint density at radius 3 is 2.57 bits per heavy atom. The standard InChI is InChI=1S/C21H25FO/c1-14-6-9-20(22)18(11-14)16-8-7-15(13-23)12-17(16)19-5-4-10-21(19,2)3/h6-9,11-12,19,23H,4-5,10,13H2,1-3H3/t19-/m0/s1. The number of rotatable bonds is 3. The van der Waals surface area contributed by atoms with E-state index in [4.69, 9.17) is 0 Å². The van der Waals surface area contributed by atoms with Gasteiger partial charge in [-0.1, -0.05) is 50.1 Å². The molecule has 2 aromatic rings. The average Bonchev–Trinajstić information content (AvgIpc) is 2.88. The topological polar surface area (TPSA) is 20.2 Å². The molecule has 1 saturated carbocycles. The fourth-order valence-corrected chi connectivity index (χ4v) is 3.99. The van der Waals surface area contributed by atoms with Gasteiger partial charge in [0.25, 0.3) is 0 Å². The SMILES string of the molecule is Cc1ccc(F)c(-c2ccc(CO)cc2[C@@H]2CCCC2(C)C)c1. The van der Waals surface area contributed by atoms with Gasteiger partial charge < -0.3 is 5.11 Å². The molecule has 1 aliphatic carbocycles. The zero-order chi connectivity index (χ0) is 16.6. The molecule has 2 aromatic carbocycles. The van der Waals surface area contributed by atoms with Gasteiger partial charge in [0.1, 0.15) is 5.82 Å². The second-order valence-corrected chi connectivity index (χ2v) is 7.50. The predicted molar refractivity (Wildman–Crippen MR) is 92.9 cm³/mol. The van der Waals surface area contributed by atoms with Crippen LogP contribution in [0.1, 0.15) is 55.7 Å². The molecular formula is C21H25FO. The highest BCUT2D eigenvalue weighted by Gasteiger charge is 2.37. The van der Waals surface area contributed by atoms with Gasteiger partial charge in [-0.2, -0.15) is 0 Å². The minimum Gasteiger partial charge on any atom is -0.392 e. The first-order valence-corrected chi connectivity index (χ1v) is 8.42. The Bertz CT molecular complexity index is 718. The second kappa shape index (κ2) is 6.09. The van der Waals surface area contributed by atoms with Crippen molar-refractivity contribution in [3.05, 3.63) is 58.9 Å². The summed E-state index contributed by atoms with van der Waals surface area (Å²) < 4.78 is 14.4. The first-order chi connectivity index (χ1) is 10.9. The van der Waals surface area contributed by atoms with Crippen LogP contribution in [0.3, 0.4) is 0 Å². The van der Waals surface area contributed by atoms with Crippen LogP contribution < -0.4 is 0 Å². The number of aliphatic hydroxyl groups is 1. The van der Waals surface area contributed by atoms with E-state index >= 15 is 0 Å². The van der Waals surface area contributed by atoms with Gasteiger partial charge in [0.05, 0.1) is 6.61 Å². The molecule has 23 heavy (non-hydrogen) atoms. The first-order valence-electron chi connectivity index (χ1n) is 8.42. The lowest BCUT2D eigenvalue weighted by Gasteiger charge is -2.30. The van der Waals surface area contributed by atoms with Gasteiger partial charge in [-0.25, -0.2) is 4.39 Å². The van der Waals surface area contributed by atoms with Gasteiger partial charge >= 0.3 is 0 Å². The number of aryl methyl sites for hydroxylation is 1. The second-order valence-electron chi connectivity index (χ2n) is 7.50. The van der Waals surface area contributed by atoms with E-state index in [1.165, 1.54) is 18.4 Å². The molecule has 0 saturated heterocycles. The minimum absolute atomic E-state index is 0.0245. The van der Waals surface area contributed by atoms with Crippen molar-refractivity contribution in [1.29, 1.82) is 0 Å². The van der Waals surface area contributed by atoms with Crippen molar-refractivity contribution in [3.8, 4) is 11.1 Å². The van der Waals surface area contributed by atoms with E-state index in [9.17, 15) is 9.50 Å². The van der Waals surface area contributed by atoms with E-state index in [0.29, 0.717) is 11.5 Å². The summed E-state index contributed by atoms with van der Waals surface area (Å²) in [5, 5.41) is 9.52. The van der Waals surface area contributed by atoms with Crippen LogP contribution in [-0.2, 0) is 6.61 Å². The van der Waals surface area contributed by atoms with E-state index in [-0.39, 0.29) is 17.8 Å². The Balaban J connectivity index is 2.19. The number of hydrogen-bond donors (Lipinski definition) is 1. The summed E-state index contributed by atoms with van der Waals surface area (Å²) in [6, 6.07) is 11.2. The lowest BCUT2D eigenvalue weighted by atomic mass is 9.75. The van der Waals surface area contributed by atoms with Gasteiger partial charge in [0.15, 0.2) is 0 Å². The maximum atomic E-state index is 14.4. The lowest BCUT2D eigenvalue weighted by Crippen LogP contribution is -2.16. The third-order valence-electron chi connectivity index (χ3n) is 5.34. The molecule has 1 N–H and O–H groups in total. The van der Waals surface area contributed by atoms with Crippen molar-refractivity contribution in [2.75, 3.05) is 0 Å². The molecule has 122 valence electrons. The summed E-state index contributed by atoms with van der Waals surface area (Å²) >= 11 is 0. The Morgan fingerprint density at radius 2 is 1.91 bits per heavy atom. The van der Waals surface area contributed by atoms with Crippen LogP contribution in [0.2, 0.25) is 0 Å². The fraction of sp³-hybridized carbons (Fsp3) is 0.429. The summed E-state index contributed by atoms with van der Waals surface area (Å²) in [5.74, 6) is 0.230. The maximum Gasteiger partial charge on any atom is 0.131 e. The molecule has 0 unspecified atom stereocenters. The van der Waals surface area contributed by atoms with Crippen molar-refractivity contribution in [2.24, 2.45) is 5.41 Å². The number of halogens is 1. The largest absolute Gasteiger partial charge is 0.392 e. The first kappa shape index (κ1) is 16.2. The van der Waals surface area contributed by atoms with Gasteiger partial charge in [-0.05, 0) is 59.9 Å². The highest BCUT2D eigenvalue weighted by Crippen LogP contribution is 2.51. The Morgan fingerprint density at radius 1 is 1.13 bits per heavy atom. The number of hydrogen-bond acceptors (Lipinski definition) is 1. The zero-order valence-electron chi connectivity index (χ0n) is 14.2. The van der Waals surface area contributed by atoms with Crippen LogP contribution >= 0.6 is 0 Å².